The van der Waals surface area contributed by atoms with Crippen LogP contribution < -0.4 is 10.1 Å². The van der Waals surface area contributed by atoms with Crippen LogP contribution in [0.5, 0.6) is 5.75 Å². The number of nitrogens with zero attached hydrogens (tertiary/aromatic N) is 1. The van der Waals surface area contributed by atoms with Crippen LogP contribution in [0.15, 0.2) is 54.7 Å². The maximum atomic E-state index is 11.8. The third-order valence-electron chi connectivity index (χ3n) is 3.53. The van der Waals surface area contributed by atoms with Gasteiger partial charge in [-0.05, 0) is 17.5 Å². The third kappa shape index (κ3) is 5.09. The number of esters is 1. The number of anilines is 1. The van der Waals surface area contributed by atoms with E-state index in [9.17, 15) is 9.59 Å². The molecule has 0 radical (unpaired) electrons. The maximum Gasteiger partial charge on any atom is 0.344 e. The number of carbonyl (C=O) groups excluding carboxylic acids is 2. The Balaban J connectivity index is 1.50. The van der Waals surface area contributed by atoms with Crippen LogP contribution in [0.4, 0.5) is 5.82 Å². The van der Waals surface area contributed by atoms with Crippen molar-refractivity contribution in [2.24, 2.45) is 0 Å². The van der Waals surface area contributed by atoms with E-state index in [1.165, 1.54) is 12.3 Å². The molecule has 0 fully saturated rings. The van der Waals surface area contributed by atoms with E-state index in [2.05, 4.69) is 10.3 Å². The molecule has 1 N–H and O–H groups in total. The molecular formula is C19H14Cl2N2O4. The van der Waals surface area contributed by atoms with Crippen molar-refractivity contribution < 1.29 is 19.1 Å². The predicted octanol–water partition coefficient (Wildman–Crippen LogP) is 4.10. The Morgan fingerprint density at radius 3 is 2.63 bits per heavy atom. The number of benzene rings is 2. The Morgan fingerprint density at radius 1 is 1.04 bits per heavy atom. The Bertz CT molecular complexity index is 989. The average Bonchev–Trinajstić information content (AvgIpc) is 2.67. The predicted molar refractivity (Wildman–Crippen MR) is 103 cm³/mol. The molecule has 0 aliphatic rings. The van der Waals surface area contributed by atoms with Crippen LogP contribution >= 0.6 is 23.2 Å². The van der Waals surface area contributed by atoms with Crippen LogP contribution in [0.1, 0.15) is 0 Å². The van der Waals surface area contributed by atoms with Crippen molar-refractivity contribution in [2.75, 3.05) is 18.5 Å². The fourth-order valence-electron chi connectivity index (χ4n) is 2.32. The number of nitrogens with one attached hydrogen (secondary N) is 1. The second-order valence-corrected chi connectivity index (χ2v) is 6.30. The number of fused-ring (bicyclic) bond motifs is 1. The lowest BCUT2D eigenvalue weighted by molar-refractivity contribution is -0.149. The molecule has 8 heteroatoms. The summed E-state index contributed by atoms with van der Waals surface area (Å²) in [7, 11) is 0. The Morgan fingerprint density at radius 2 is 1.81 bits per heavy atom. The van der Waals surface area contributed by atoms with Crippen LogP contribution in [0, 0.1) is 0 Å². The summed E-state index contributed by atoms with van der Waals surface area (Å²) in [5, 5.41) is 4.84. The number of carbonyl (C=O) groups is 2. The highest BCUT2D eigenvalue weighted by Crippen LogP contribution is 2.25. The summed E-state index contributed by atoms with van der Waals surface area (Å²) in [5.41, 5.74) is 0. The van der Waals surface area contributed by atoms with Crippen LogP contribution in [-0.2, 0) is 14.3 Å². The van der Waals surface area contributed by atoms with E-state index in [0.717, 1.165) is 10.8 Å². The normalized spacial score (nSPS) is 10.4. The molecule has 0 saturated carbocycles. The van der Waals surface area contributed by atoms with E-state index in [1.54, 1.807) is 6.07 Å². The number of hydrogen-bond acceptors (Lipinski definition) is 5. The molecule has 138 valence electrons. The van der Waals surface area contributed by atoms with Gasteiger partial charge >= 0.3 is 5.97 Å². The number of rotatable bonds is 6. The largest absolute Gasteiger partial charge is 0.481 e. The summed E-state index contributed by atoms with van der Waals surface area (Å²) < 4.78 is 10.4. The first-order valence-electron chi connectivity index (χ1n) is 7.90. The van der Waals surface area contributed by atoms with Crippen LogP contribution in [0.25, 0.3) is 10.8 Å². The van der Waals surface area contributed by atoms with Gasteiger partial charge in [0.15, 0.2) is 19.0 Å². The molecule has 2 aromatic carbocycles. The molecule has 0 saturated heterocycles. The van der Waals surface area contributed by atoms with Crippen molar-refractivity contribution in [1.82, 2.24) is 4.98 Å². The molecular weight excluding hydrogens is 391 g/mol. The van der Waals surface area contributed by atoms with Gasteiger partial charge < -0.3 is 14.8 Å². The van der Waals surface area contributed by atoms with Crippen molar-refractivity contribution in [3.63, 3.8) is 0 Å². The van der Waals surface area contributed by atoms with Crippen molar-refractivity contribution in [2.45, 2.75) is 0 Å². The molecule has 1 aromatic heterocycles. The highest BCUT2D eigenvalue weighted by Gasteiger charge is 2.12. The van der Waals surface area contributed by atoms with Crippen LogP contribution in [0.3, 0.4) is 0 Å². The Kier molecular flexibility index (Phi) is 6.11. The highest BCUT2D eigenvalue weighted by molar-refractivity contribution is 6.36. The summed E-state index contributed by atoms with van der Waals surface area (Å²) in [4.78, 5) is 27.6. The molecule has 1 amide bonds. The van der Waals surface area contributed by atoms with E-state index >= 15 is 0 Å². The summed E-state index contributed by atoms with van der Waals surface area (Å²) in [5.74, 6) is -0.556. The molecule has 0 bridgehead atoms. The molecule has 1 heterocycles. The molecule has 0 unspecified atom stereocenters. The fraction of sp³-hybridized carbons (Fsp3) is 0.105. The van der Waals surface area contributed by atoms with E-state index in [4.69, 9.17) is 32.7 Å². The zero-order chi connectivity index (χ0) is 19.2. The topological polar surface area (TPSA) is 77.5 Å². The smallest absolute Gasteiger partial charge is 0.344 e. The third-order valence-corrected chi connectivity index (χ3v) is 4.02. The van der Waals surface area contributed by atoms with Gasteiger partial charge in [0.25, 0.3) is 5.91 Å². The Hall–Kier alpha value is -2.83. The zero-order valence-electron chi connectivity index (χ0n) is 13.9. The molecule has 0 spiro atoms. The standard InChI is InChI=1S/C19H14Cl2N2O4/c20-13-8-15(21)19(22-9-13)23-17(24)10-27-18(25)11-26-16-7-3-5-12-4-1-2-6-14(12)16/h1-9H,10-11H2,(H,22,23,24). The molecule has 0 aliphatic carbocycles. The van der Waals surface area contributed by atoms with Gasteiger partial charge in [0.2, 0.25) is 0 Å². The van der Waals surface area contributed by atoms with E-state index < -0.39 is 18.5 Å². The van der Waals surface area contributed by atoms with E-state index in [-0.39, 0.29) is 17.4 Å². The van der Waals surface area contributed by atoms with Crippen molar-refractivity contribution in [1.29, 1.82) is 0 Å². The van der Waals surface area contributed by atoms with Gasteiger partial charge in [-0.3, -0.25) is 4.79 Å². The molecule has 3 rings (SSSR count). The van der Waals surface area contributed by atoms with Gasteiger partial charge in [0, 0.05) is 11.6 Å². The van der Waals surface area contributed by atoms with Gasteiger partial charge in [-0.15, -0.1) is 0 Å². The molecule has 3 aromatic rings. The van der Waals surface area contributed by atoms with Crippen LogP contribution in [0.2, 0.25) is 10.0 Å². The van der Waals surface area contributed by atoms with Gasteiger partial charge in [-0.1, -0.05) is 59.6 Å². The molecule has 0 aliphatic heterocycles. The van der Waals surface area contributed by atoms with Gasteiger partial charge in [0.1, 0.15) is 5.75 Å². The van der Waals surface area contributed by atoms with Crippen molar-refractivity contribution in [3.8, 4) is 5.75 Å². The van der Waals surface area contributed by atoms with Gasteiger partial charge in [-0.2, -0.15) is 0 Å². The van der Waals surface area contributed by atoms with E-state index in [0.29, 0.717) is 10.8 Å². The lowest BCUT2D eigenvalue weighted by Crippen LogP contribution is -2.24. The molecule has 27 heavy (non-hydrogen) atoms. The minimum Gasteiger partial charge on any atom is -0.481 e. The number of amides is 1. The molecule has 0 atom stereocenters. The Labute approximate surface area is 165 Å². The minimum absolute atomic E-state index is 0.133. The highest BCUT2D eigenvalue weighted by atomic mass is 35.5. The number of hydrogen-bond donors (Lipinski definition) is 1. The lowest BCUT2D eigenvalue weighted by Gasteiger charge is -2.10. The number of ether oxygens (including phenoxy) is 2. The van der Waals surface area contributed by atoms with Crippen molar-refractivity contribution in [3.05, 3.63) is 64.8 Å². The van der Waals surface area contributed by atoms with Crippen molar-refractivity contribution >= 4 is 51.7 Å². The second kappa shape index (κ2) is 8.70. The second-order valence-electron chi connectivity index (χ2n) is 5.46. The van der Waals surface area contributed by atoms with E-state index in [1.807, 2.05) is 36.4 Å². The average molecular weight is 405 g/mol. The van der Waals surface area contributed by atoms with Crippen LogP contribution in [-0.4, -0.2) is 30.1 Å². The lowest BCUT2D eigenvalue weighted by atomic mass is 10.1. The summed E-state index contributed by atoms with van der Waals surface area (Å²) in [6.45, 7) is -0.806. The van der Waals surface area contributed by atoms with Gasteiger partial charge in [-0.25, -0.2) is 9.78 Å². The number of pyridine rings is 1. The first-order chi connectivity index (χ1) is 13.0. The zero-order valence-corrected chi connectivity index (χ0v) is 15.5. The van der Waals surface area contributed by atoms with Gasteiger partial charge in [0.05, 0.1) is 10.0 Å². The number of halogens is 2. The fourth-order valence-corrected chi connectivity index (χ4v) is 2.75. The molecule has 6 nitrogen and oxygen atoms in total. The SMILES string of the molecule is O=C(COC(=O)COc1cccc2ccccc12)Nc1ncc(Cl)cc1Cl. The first kappa shape index (κ1) is 18.9. The summed E-state index contributed by atoms with van der Waals surface area (Å²) >= 11 is 11.6. The minimum atomic E-state index is -0.673. The maximum absolute atomic E-state index is 11.8. The monoisotopic (exact) mass is 404 g/mol. The quantitative estimate of drug-likeness (QED) is 0.625. The first-order valence-corrected chi connectivity index (χ1v) is 8.65. The summed E-state index contributed by atoms with van der Waals surface area (Å²) in [6.07, 6.45) is 1.34. The number of aromatic nitrogens is 1. The summed E-state index contributed by atoms with van der Waals surface area (Å²) in [6, 6.07) is 14.6.